The number of rotatable bonds is 7. The van der Waals surface area contributed by atoms with Crippen LogP contribution in [-0.2, 0) is 4.74 Å². The zero-order valence-corrected chi connectivity index (χ0v) is 21.3. The number of nitrogens with two attached hydrogens (primary N) is 1. The van der Waals surface area contributed by atoms with Gasteiger partial charge in [0.25, 0.3) is 0 Å². The molecule has 8 nitrogen and oxygen atoms in total. The fourth-order valence-corrected chi connectivity index (χ4v) is 6.16. The molecule has 2 aromatic heterocycles. The highest BCUT2D eigenvalue weighted by Crippen LogP contribution is 2.43. The zero-order chi connectivity index (χ0) is 24.9. The number of nitrogens with zero attached hydrogens (tertiary/aromatic N) is 4. The fourth-order valence-electron chi connectivity index (χ4n) is 6.16. The lowest BCUT2D eigenvalue weighted by Crippen LogP contribution is -2.36. The molecule has 3 N–H and O–H groups in total. The topological polar surface area (TPSA) is 98.7 Å². The van der Waals surface area contributed by atoms with Gasteiger partial charge in [0.2, 0.25) is 0 Å². The molecule has 3 aromatic rings. The van der Waals surface area contributed by atoms with Crippen LogP contribution in [0.5, 0.6) is 5.75 Å². The molecule has 6 rings (SSSR count). The molecular weight excluding hydrogens is 454 g/mol. The Kier molecular flexibility index (Phi) is 6.14. The molecule has 0 bridgehead atoms. The summed E-state index contributed by atoms with van der Waals surface area (Å²) in [5.41, 5.74) is 9.30. The molecule has 3 fully saturated rings. The Morgan fingerprint density at radius 1 is 1.22 bits per heavy atom. The lowest BCUT2D eigenvalue weighted by atomic mass is 9.79. The van der Waals surface area contributed by atoms with Crippen LogP contribution in [0.4, 0.5) is 5.82 Å². The van der Waals surface area contributed by atoms with E-state index in [0.29, 0.717) is 24.4 Å². The van der Waals surface area contributed by atoms with Gasteiger partial charge in [-0.2, -0.15) is 0 Å². The van der Waals surface area contributed by atoms with E-state index >= 15 is 0 Å². The first-order chi connectivity index (χ1) is 17.3. The Balaban J connectivity index is 1.20. The minimum atomic E-state index is -0.159. The molecule has 1 aliphatic carbocycles. The quantitative estimate of drug-likeness (QED) is 0.515. The fraction of sp³-hybridized carbons (Fsp3) is 0.571. The number of nitrogen functional groups attached to an aromatic ring is 1. The molecule has 1 aromatic carbocycles. The highest BCUT2D eigenvalue weighted by Gasteiger charge is 2.35. The number of hydrogen-bond donors (Lipinski definition) is 2. The monoisotopic (exact) mass is 491 g/mol. The molecule has 0 spiro atoms. The van der Waals surface area contributed by atoms with Crippen LogP contribution in [0.2, 0.25) is 0 Å². The Morgan fingerprint density at radius 3 is 2.83 bits per heavy atom. The Labute approximate surface area is 212 Å². The Hall–Kier alpha value is -2.68. The molecule has 2 atom stereocenters. The summed E-state index contributed by atoms with van der Waals surface area (Å²) in [5.74, 6) is 1.98. The van der Waals surface area contributed by atoms with Crippen LogP contribution in [-0.4, -0.2) is 68.6 Å². The molecule has 3 aliphatic rings. The normalized spacial score (nSPS) is 28.0. The van der Waals surface area contributed by atoms with Crippen LogP contribution in [0.1, 0.15) is 52.0 Å². The summed E-state index contributed by atoms with van der Waals surface area (Å²) in [6.07, 6.45) is 8.92. The van der Waals surface area contributed by atoms with E-state index in [4.69, 9.17) is 15.2 Å². The number of aromatic nitrogens is 3. The van der Waals surface area contributed by atoms with Crippen molar-refractivity contribution in [2.75, 3.05) is 32.0 Å². The first-order valence-corrected chi connectivity index (χ1v) is 13.3. The number of aliphatic hydroxyl groups is 1. The van der Waals surface area contributed by atoms with E-state index < -0.39 is 0 Å². The highest BCUT2D eigenvalue weighted by atomic mass is 16.6. The number of fused-ring (bicyclic) bond motifs is 1. The molecule has 192 valence electrons. The predicted molar refractivity (Wildman–Crippen MR) is 140 cm³/mol. The summed E-state index contributed by atoms with van der Waals surface area (Å²) >= 11 is 0. The van der Waals surface area contributed by atoms with Gasteiger partial charge in [0, 0.05) is 37.4 Å². The summed E-state index contributed by atoms with van der Waals surface area (Å²) in [7, 11) is 0. The van der Waals surface area contributed by atoms with E-state index in [9.17, 15) is 5.11 Å². The number of ether oxygens (including phenoxy) is 2. The third-order valence-electron chi connectivity index (χ3n) is 8.14. The minimum Gasteiger partial charge on any atom is -0.491 e. The Bertz CT molecular complexity index is 1240. The van der Waals surface area contributed by atoms with Gasteiger partial charge < -0.3 is 29.8 Å². The number of hydrogen-bond acceptors (Lipinski definition) is 7. The van der Waals surface area contributed by atoms with Crippen molar-refractivity contribution in [3.63, 3.8) is 0 Å². The third-order valence-corrected chi connectivity index (χ3v) is 8.14. The molecule has 8 heteroatoms. The van der Waals surface area contributed by atoms with Gasteiger partial charge in [-0.15, -0.1) is 0 Å². The molecular formula is C28H37N5O3. The minimum absolute atomic E-state index is 0.0640. The summed E-state index contributed by atoms with van der Waals surface area (Å²) < 4.78 is 14.5. The average molecular weight is 492 g/mol. The lowest BCUT2D eigenvalue weighted by Gasteiger charge is -2.38. The van der Waals surface area contributed by atoms with Crippen molar-refractivity contribution in [1.29, 1.82) is 0 Å². The highest BCUT2D eigenvalue weighted by molar-refractivity contribution is 6.00. The number of anilines is 1. The Morgan fingerprint density at radius 2 is 2.08 bits per heavy atom. The van der Waals surface area contributed by atoms with E-state index in [1.807, 2.05) is 12.1 Å². The van der Waals surface area contributed by atoms with Gasteiger partial charge in [-0.05, 0) is 69.6 Å². The molecule has 1 saturated carbocycles. The van der Waals surface area contributed by atoms with E-state index in [1.165, 1.54) is 0 Å². The standard InChI is InChI=1S/C28H37N5O3/c1-28(2)8-6-23(36-28)16-35-22-5-3-4-19(12-22)24-15-33(27-25(24)26(29)30-17-31-27)20-10-18(11-20)13-32-9-7-21(34)14-32/h3-5,12,15,17-18,20-21,23,34H,6-11,13-14,16H2,1-2H3,(H2,29,30,31)/t18?,20?,21-,23?/m1/s1. The number of β-amino-alcohol motifs (C(OH)–C–C–N with tert-alkyl or cyclic N) is 1. The van der Waals surface area contributed by atoms with Crippen molar-refractivity contribution in [2.24, 2.45) is 5.92 Å². The predicted octanol–water partition coefficient (Wildman–Crippen LogP) is 4.03. The van der Waals surface area contributed by atoms with Crippen LogP contribution >= 0.6 is 0 Å². The SMILES string of the molecule is CC1(C)CCC(COc2cccc(-c3cn(C4CC(CN5CC[C@@H](O)C5)C4)c4ncnc(N)c34)c2)O1. The summed E-state index contributed by atoms with van der Waals surface area (Å²) in [4.78, 5) is 11.3. The largest absolute Gasteiger partial charge is 0.491 e. The molecule has 2 aliphatic heterocycles. The van der Waals surface area contributed by atoms with E-state index in [2.05, 4.69) is 51.6 Å². The van der Waals surface area contributed by atoms with E-state index in [1.54, 1.807) is 6.33 Å². The molecule has 36 heavy (non-hydrogen) atoms. The van der Waals surface area contributed by atoms with Crippen molar-refractivity contribution < 1.29 is 14.6 Å². The van der Waals surface area contributed by atoms with Crippen LogP contribution in [0.3, 0.4) is 0 Å². The van der Waals surface area contributed by atoms with Gasteiger partial charge in [0.1, 0.15) is 30.1 Å². The third kappa shape index (κ3) is 4.69. The second-order valence-corrected chi connectivity index (χ2v) is 11.5. The van der Waals surface area contributed by atoms with Crippen LogP contribution in [0.25, 0.3) is 22.2 Å². The van der Waals surface area contributed by atoms with Crippen molar-refractivity contribution in [1.82, 2.24) is 19.4 Å². The van der Waals surface area contributed by atoms with Gasteiger partial charge in [-0.1, -0.05) is 12.1 Å². The van der Waals surface area contributed by atoms with E-state index in [-0.39, 0.29) is 17.8 Å². The van der Waals surface area contributed by atoms with Crippen LogP contribution < -0.4 is 10.5 Å². The first kappa shape index (κ1) is 23.7. The van der Waals surface area contributed by atoms with Crippen LogP contribution in [0, 0.1) is 5.92 Å². The van der Waals surface area contributed by atoms with E-state index in [0.717, 1.165) is 79.6 Å². The van der Waals surface area contributed by atoms with Crippen LogP contribution in [0.15, 0.2) is 36.8 Å². The first-order valence-electron chi connectivity index (χ1n) is 13.3. The van der Waals surface area contributed by atoms with Crippen molar-refractivity contribution in [3.05, 3.63) is 36.8 Å². The second-order valence-electron chi connectivity index (χ2n) is 11.5. The van der Waals surface area contributed by atoms with Gasteiger partial charge in [0.15, 0.2) is 0 Å². The van der Waals surface area contributed by atoms with Gasteiger partial charge in [-0.25, -0.2) is 9.97 Å². The molecule has 1 unspecified atom stereocenters. The van der Waals surface area contributed by atoms with Crippen molar-refractivity contribution in [2.45, 2.75) is 69.8 Å². The average Bonchev–Trinajstić information content (AvgIpc) is 3.52. The second kappa shape index (κ2) is 9.32. The molecule has 0 radical (unpaired) electrons. The van der Waals surface area contributed by atoms with Crippen molar-refractivity contribution in [3.8, 4) is 16.9 Å². The van der Waals surface area contributed by atoms with Gasteiger partial charge >= 0.3 is 0 Å². The van der Waals surface area contributed by atoms with Crippen molar-refractivity contribution >= 4 is 16.9 Å². The van der Waals surface area contributed by atoms with Gasteiger partial charge in [0.05, 0.1) is 23.2 Å². The smallest absolute Gasteiger partial charge is 0.146 e. The number of likely N-dealkylation sites (tertiary alicyclic amines) is 1. The maximum absolute atomic E-state index is 9.83. The summed E-state index contributed by atoms with van der Waals surface area (Å²) in [6.45, 7) is 7.71. The number of benzene rings is 1. The molecule has 2 saturated heterocycles. The summed E-state index contributed by atoms with van der Waals surface area (Å²) in [5, 5.41) is 10.7. The maximum Gasteiger partial charge on any atom is 0.146 e. The maximum atomic E-state index is 9.83. The zero-order valence-electron chi connectivity index (χ0n) is 21.3. The summed E-state index contributed by atoms with van der Waals surface area (Å²) in [6, 6.07) is 8.59. The van der Waals surface area contributed by atoms with Gasteiger partial charge in [-0.3, -0.25) is 0 Å². The molecule has 4 heterocycles. The lowest BCUT2D eigenvalue weighted by molar-refractivity contribution is -0.0326. The molecule has 0 amide bonds. The number of aliphatic hydroxyl groups excluding tert-OH is 1.